The van der Waals surface area contributed by atoms with Crippen LogP contribution in [0.2, 0.25) is 0 Å². The zero-order valence-electron chi connectivity index (χ0n) is 47.1. The van der Waals surface area contributed by atoms with Crippen molar-refractivity contribution in [3.63, 3.8) is 0 Å². The monoisotopic (exact) mass is 1220 g/mol. The number of unbranched alkanes of at least 4 members (excludes halogenated alkanes) is 5. The summed E-state index contributed by atoms with van der Waals surface area (Å²) in [6, 6.07) is 45.5. The van der Waals surface area contributed by atoms with Gasteiger partial charge in [-0.25, -0.2) is 33.0 Å². The van der Waals surface area contributed by atoms with E-state index in [0.29, 0.717) is 19.3 Å². The van der Waals surface area contributed by atoms with E-state index in [2.05, 4.69) is 0 Å². The lowest BCUT2D eigenvalue weighted by Gasteiger charge is -2.48. The van der Waals surface area contributed by atoms with E-state index in [-0.39, 0.29) is 52.4 Å². The van der Waals surface area contributed by atoms with Gasteiger partial charge in [0.05, 0.1) is 40.5 Å². The highest BCUT2D eigenvalue weighted by molar-refractivity contribution is 7.80. The van der Waals surface area contributed by atoms with E-state index in [4.69, 9.17) is 56.3 Å². The number of rotatable bonds is 28. The molecule has 0 spiro atoms. The van der Waals surface area contributed by atoms with Crippen LogP contribution in [0.3, 0.4) is 0 Å². The number of benzene rings is 6. The van der Waals surface area contributed by atoms with Gasteiger partial charge in [0.15, 0.2) is 37.0 Å². The topological polar surface area (TPSA) is 285 Å². The molecule has 23 heteroatoms. The van der Waals surface area contributed by atoms with E-state index in [9.17, 15) is 46.5 Å². The van der Waals surface area contributed by atoms with Gasteiger partial charge in [-0.3, -0.25) is 9.35 Å². The molecule has 2 aliphatic rings. The lowest BCUT2D eigenvalue weighted by Crippen LogP contribution is -2.67. The van der Waals surface area contributed by atoms with Crippen molar-refractivity contribution in [2.45, 2.75) is 106 Å². The van der Waals surface area contributed by atoms with E-state index >= 15 is 0 Å². The molecular weight excluding hydrogens is 1150 g/mol. The van der Waals surface area contributed by atoms with Crippen LogP contribution in [0.25, 0.3) is 0 Å². The van der Waals surface area contributed by atoms with Gasteiger partial charge in [0, 0.05) is 13.0 Å². The molecule has 458 valence electrons. The second kappa shape index (κ2) is 32.2. The van der Waals surface area contributed by atoms with Crippen LogP contribution in [0.15, 0.2) is 182 Å². The fourth-order valence-electron chi connectivity index (χ4n) is 9.44. The summed E-state index contributed by atoms with van der Waals surface area (Å²) in [4.78, 5) is 97.0. The first kappa shape index (κ1) is 64.3. The van der Waals surface area contributed by atoms with E-state index in [1.807, 2.05) is 0 Å². The van der Waals surface area contributed by atoms with Gasteiger partial charge in [0.25, 0.3) is 0 Å². The molecule has 8 rings (SSSR count). The Hall–Kier alpha value is -8.68. The molecule has 87 heavy (non-hydrogen) atoms. The second-order valence-electron chi connectivity index (χ2n) is 19.9. The fourth-order valence-corrected chi connectivity index (χ4v) is 9.95. The number of hydrogen-bond acceptors (Lipinski definition) is 21. The van der Waals surface area contributed by atoms with Crippen LogP contribution >= 0.6 is 0 Å². The minimum Gasteiger partial charge on any atom is -0.469 e. The van der Waals surface area contributed by atoms with Gasteiger partial charge in [-0.2, -0.15) is 8.42 Å². The first-order chi connectivity index (χ1) is 42.1. The van der Waals surface area contributed by atoms with Crippen LogP contribution in [0.1, 0.15) is 107 Å². The van der Waals surface area contributed by atoms with Crippen molar-refractivity contribution in [3.8, 4) is 0 Å². The summed E-state index contributed by atoms with van der Waals surface area (Å²) in [7, 11) is -4.26. The molecule has 1 N–H and O–H groups in total. The molecule has 2 heterocycles. The lowest BCUT2D eigenvalue weighted by molar-refractivity contribution is -0.355. The number of carbonyl (C=O) groups excluding carboxylic acids is 7. The van der Waals surface area contributed by atoms with Crippen LogP contribution < -0.4 is 0 Å². The number of esters is 7. The average molecular weight is 1220 g/mol. The van der Waals surface area contributed by atoms with Crippen molar-refractivity contribution >= 4 is 52.2 Å². The maximum absolute atomic E-state index is 14.6. The van der Waals surface area contributed by atoms with Crippen LogP contribution in [0.4, 0.5) is 0 Å². The van der Waals surface area contributed by atoms with Gasteiger partial charge >= 0.3 is 52.2 Å². The molecule has 2 saturated heterocycles. The number of ether oxygens (including phenoxy) is 11. The Morgan fingerprint density at radius 1 is 0.402 bits per heavy atom. The highest BCUT2D eigenvalue weighted by Crippen LogP contribution is 2.37. The molecule has 0 saturated carbocycles. The third-order valence-corrected chi connectivity index (χ3v) is 14.2. The van der Waals surface area contributed by atoms with Gasteiger partial charge in [-0.1, -0.05) is 135 Å². The summed E-state index contributed by atoms with van der Waals surface area (Å²) in [5, 5.41) is 0. The van der Waals surface area contributed by atoms with Gasteiger partial charge in [-0.15, -0.1) is 0 Å². The fraction of sp³-hybridized carbons (Fsp3) is 0.328. The standard InChI is InChI=1S/C64H64O22S/c1-75-50(65)38-24-4-2-3-5-25-39-76-63-55(83-61(70)46-34-20-10-21-35-46)53(81-59(68)44-30-16-8-17-31-44)51(48(79-63)40-77-57(66)42-26-12-6-13-27-42)85-64-56(84-62(71)47-36-22-11-23-37-47)54(82-60(69)45-32-18-9-19-33-45)52(86-87(72,73)74)49(80-64)41-78-58(67)43-28-14-7-15-29-43/h6-23,26-37,48-49,51-56,63-64H,2-5,24-25,38-41H2,1H3,(H,72,73,74)/t48-,49-,51-,52+,53+,54+,55-,56-,63-,64+/m1/s1. The SMILES string of the molecule is COC(=O)CCCCCCCCO[C@@H]1O[C@H](COC(=O)c2ccccc2)[C@@H](O[C@@H]2O[C@H](COC(=O)c3ccccc3)[C@H](OS(=O)(=O)O)[C@H](OC(=O)c3ccccc3)[C@H]2OC(=O)c2ccccc2)[C@H](OC(=O)c2ccccc2)[C@H]1OC(=O)c1ccccc1. The normalized spacial score (nSPS) is 21.7. The summed E-state index contributed by atoms with van der Waals surface area (Å²) in [6.07, 6.45) is -15.4. The zero-order chi connectivity index (χ0) is 61.5. The summed E-state index contributed by atoms with van der Waals surface area (Å²) in [5.74, 6) is -6.39. The van der Waals surface area contributed by atoms with Crippen molar-refractivity contribution in [2.75, 3.05) is 26.9 Å². The Balaban J connectivity index is 1.25. The van der Waals surface area contributed by atoms with Crippen molar-refractivity contribution in [1.29, 1.82) is 0 Å². The molecule has 6 aromatic carbocycles. The minimum absolute atomic E-state index is 0.00559. The third-order valence-electron chi connectivity index (χ3n) is 13.8. The Labute approximate surface area is 501 Å². The van der Waals surface area contributed by atoms with Crippen molar-refractivity contribution < 1.29 is 103 Å². The molecule has 0 aromatic heterocycles. The van der Waals surface area contributed by atoms with Crippen LogP contribution in [-0.2, 0) is 71.5 Å². The van der Waals surface area contributed by atoms with E-state index in [1.165, 1.54) is 104 Å². The molecule has 0 amide bonds. The number of hydrogen-bond donors (Lipinski definition) is 1. The molecule has 0 bridgehead atoms. The highest BCUT2D eigenvalue weighted by atomic mass is 32.3. The molecule has 2 fully saturated rings. The van der Waals surface area contributed by atoms with Crippen LogP contribution in [0.5, 0.6) is 0 Å². The molecular formula is C64H64O22S. The average Bonchev–Trinajstić information content (AvgIpc) is 1.48. The van der Waals surface area contributed by atoms with Gasteiger partial charge in [0.1, 0.15) is 37.6 Å². The predicted octanol–water partition coefficient (Wildman–Crippen LogP) is 8.55. The Kier molecular flexibility index (Phi) is 23.8. The molecule has 2 aliphatic heterocycles. The smallest absolute Gasteiger partial charge is 0.397 e. The molecule has 0 radical (unpaired) electrons. The third kappa shape index (κ3) is 18.9. The summed E-state index contributed by atoms with van der Waals surface area (Å²) < 4.78 is 109. The Morgan fingerprint density at radius 3 is 1.11 bits per heavy atom. The van der Waals surface area contributed by atoms with Crippen molar-refractivity contribution in [3.05, 3.63) is 215 Å². The predicted molar refractivity (Wildman–Crippen MR) is 305 cm³/mol. The molecule has 10 atom stereocenters. The van der Waals surface area contributed by atoms with E-state index in [1.54, 1.807) is 84.9 Å². The number of carbonyl (C=O) groups is 7. The van der Waals surface area contributed by atoms with Gasteiger partial charge in [0.2, 0.25) is 0 Å². The lowest BCUT2D eigenvalue weighted by atomic mass is 9.95. The zero-order valence-corrected chi connectivity index (χ0v) is 47.9. The maximum atomic E-state index is 14.6. The van der Waals surface area contributed by atoms with Crippen molar-refractivity contribution in [1.82, 2.24) is 0 Å². The Morgan fingerprint density at radius 2 is 0.724 bits per heavy atom. The highest BCUT2D eigenvalue weighted by Gasteiger charge is 2.58. The van der Waals surface area contributed by atoms with Crippen LogP contribution in [0, 0.1) is 0 Å². The van der Waals surface area contributed by atoms with Gasteiger partial charge < -0.3 is 52.1 Å². The summed E-state index contributed by atoms with van der Waals surface area (Å²) >= 11 is 0. The minimum atomic E-state index is -5.59. The molecule has 0 unspecified atom stereocenters. The van der Waals surface area contributed by atoms with E-state index in [0.717, 1.165) is 19.3 Å². The van der Waals surface area contributed by atoms with Crippen molar-refractivity contribution in [2.24, 2.45) is 0 Å². The largest absolute Gasteiger partial charge is 0.469 e. The second-order valence-corrected chi connectivity index (χ2v) is 20.9. The first-order valence-electron chi connectivity index (χ1n) is 27.9. The van der Waals surface area contributed by atoms with Gasteiger partial charge in [-0.05, 0) is 85.6 Å². The van der Waals surface area contributed by atoms with Crippen LogP contribution in [-0.4, -0.2) is 143 Å². The molecule has 0 aliphatic carbocycles. The number of methoxy groups -OCH3 is 1. The Bertz CT molecular complexity index is 3300. The summed E-state index contributed by atoms with van der Waals surface area (Å²) in [5.41, 5.74) is -0.0267. The van der Waals surface area contributed by atoms with E-state index < -0.39 is 121 Å². The molecule has 6 aromatic rings. The quantitative estimate of drug-likeness (QED) is 0.0208. The first-order valence-corrected chi connectivity index (χ1v) is 29.3. The molecule has 22 nitrogen and oxygen atoms in total. The summed E-state index contributed by atoms with van der Waals surface area (Å²) in [6.45, 7) is -1.73. The maximum Gasteiger partial charge on any atom is 0.397 e.